The molecule has 1 heterocycles. The van der Waals surface area contributed by atoms with E-state index < -0.39 is 10.0 Å². The number of sulfonamides is 1. The number of rotatable bonds is 4. The number of hydrogen-bond acceptors (Lipinski definition) is 3. The molecule has 21 heavy (non-hydrogen) atoms. The SMILES string of the molecule is C#CCS(=O)(=O)Nc1ccc(C)c(N2CCCCC2=O)c1. The molecule has 0 unspecified atom stereocenters. The van der Waals surface area contributed by atoms with Crippen molar-refractivity contribution in [2.24, 2.45) is 0 Å². The van der Waals surface area contributed by atoms with Gasteiger partial charge in [0.15, 0.2) is 0 Å². The average molecular weight is 306 g/mol. The monoisotopic (exact) mass is 306 g/mol. The van der Waals surface area contributed by atoms with Gasteiger partial charge in [0.1, 0.15) is 5.75 Å². The average Bonchev–Trinajstić information content (AvgIpc) is 2.41. The Morgan fingerprint density at radius 2 is 2.14 bits per heavy atom. The van der Waals surface area contributed by atoms with E-state index in [1.165, 1.54) is 0 Å². The molecule has 0 spiro atoms. The van der Waals surface area contributed by atoms with E-state index in [-0.39, 0.29) is 11.7 Å². The van der Waals surface area contributed by atoms with Crippen molar-refractivity contribution in [3.05, 3.63) is 23.8 Å². The van der Waals surface area contributed by atoms with Crippen molar-refractivity contribution in [3.63, 3.8) is 0 Å². The molecule has 0 radical (unpaired) electrons. The third-order valence-electron chi connectivity index (χ3n) is 3.37. The van der Waals surface area contributed by atoms with Gasteiger partial charge < -0.3 is 4.90 Å². The molecule has 1 amide bonds. The number of carbonyl (C=O) groups excluding carboxylic acids is 1. The number of benzene rings is 1. The van der Waals surface area contributed by atoms with Crippen molar-refractivity contribution in [1.29, 1.82) is 0 Å². The summed E-state index contributed by atoms with van der Waals surface area (Å²) in [6.45, 7) is 2.57. The highest BCUT2D eigenvalue weighted by Gasteiger charge is 2.21. The summed E-state index contributed by atoms with van der Waals surface area (Å²) < 4.78 is 25.8. The third kappa shape index (κ3) is 3.76. The number of nitrogens with zero attached hydrogens (tertiary/aromatic N) is 1. The molecular weight excluding hydrogens is 288 g/mol. The molecule has 6 heteroatoms. The first-order valence-electron chi connectivity index (χ1n) is 6.78. The maximum atomic E-state index is 12.0. The van der Waals surface area contributed by atoms with Crippen LogP contribution < -0.4 is 9.62 Å². The van der Waals surface area contributed by atoms with Gasteiger partial charge in [0, 0.05) is 18.7 Å². The zero-order chi connectivity index (χ0) is 15.5. The molecule has 0 atom stereocenters. The summed E-state index contributed by atoms with van der Waals surface area (Å²) in [5.41, 5.74) is 2.11. The predicted molar refractivity (Wildman–Crippen MR) is 83.6 cm³/mol. The van der Waals surface area contributed by atoms with Crippen molar-refractivity contribution in [2.75, 3.05) is 21.9 Å². The van der Waals surface area contributed by atoms with E-state index in [2.05, 4.69) is 10.6 Å². The van der Waals surface area contributed by atoms with Gasteiger partial charge in [-0.3, -0.25) is 9.52 Å². The molecule has 1 saturated heterocycles. The molecule has 1 aromatic rings. The predicted octanol–water partition coefficient (Wildman–Crippen LogP) is 1.89. The van der Waals surface area contributed by atoms with Gasteiger partial charge in [-0.1, -0.05) is 12.0 Å². The van der Waals surface area contributed by atoms with Crippen molar-refractivity contribution in [1.82, 2.24) is 0 Å². The van der Waals surface area contributed by atoms with Gasteiger partial charge in [-0.2, -0.15) is 0 Å². The minimum Gasteiger partial charge on any atom is -0.312 e. The van der Waals surface area contributed by atoms with Gasteiger partial charge in [0.05, 0.1) is 5.69 Å². The number of terminal acetylenes is 1. The summed E-state index contributed by atoms with van der Waals surface area (Å²) in [5.74, 6) is 1.81. The van der Waals surface area contributed by atoms with Gasteiger partial charge in [-0.15, -0.1) is 6.42 Å². The van der Waals surface area contributed by atoms with Crippen molar-refractivity contribution in [3.8, 4) is 12.3 Å². The number of carbonyl (C=O) groups is 1. The highest BCUT2D eigenvalue weighted by Crippen LogP contribution is 2.28. The van der Waals surface area contributed by atoms with Crippen LogP contribution in [0.4, 0.5) is 11.4 Å². The van der Waals surface area contributed by atoms with Gasteiger partial charge >= 0.3 is 0 Å². The quantitative estimate of drug-likeness (QED) is 0.864. The molecule has 1 aromatic carbocycles. The number of anilines is 2. The van der Waals surface area contributed by atoms with Crippen LogP contribution in [-0.2, 0) is 14.8 Å². The molecule has 2 rings (SSSR count). The minimum absolute atomic E-state index is 0.0768. The van der Waals surface area contributed by atoms with Crippen LogP contribution in [0.1, 0.15) is 24.8 Å². The number of nitrogens with one attached hydrogen (secondary N) is 1. The van der Waals surface area contributed by atoms with E-state index >= 15 is 0 Å². The molecule has 112 valence electrons. The molecule has 0 saturated carbocycles. The summed E-state index contributed by atoms with van der Waals surface area (Å²) in [7, 11) is -3.55. The van der Waals surface area contributed by atoms with E-state index in [9.17, 15) is 13.2 Å². The van der Waals surface area contributed by atoms with Gasteiger partial charge in [0.2, 0.25) is 15.9 Å². The maximum absolute atomic E-state index is 12.0. The first kappa shape index (κ1) is 15.4. The lowest BCUT2D eigenvalue weighted by Crippen LogP contribution is -2.35. The second-order valence-electron chi connectivity index (χ2n) is 5.07. The molecule has 0 aliphatic carbocycles. The lowest BCUT2D eigenvalue weighted by atomic mass is 10.1. The molecule has 1 fully saturated rings. The molecule has 1 aliphatic rings. The van der Waals surface area contributed by atoms with Gasteiger partial charge in [-0.25, -0.2) is 8.42 Å². The van der Waals surface area contributed by atoms with E-state index in [0.717, 1.165) is 24.1 Å². The largest absolute Gasteiger partial charge is 0.312 e. The zero-order valence-corrected chi connectivity index (χ0v) is 12.7. The summed E-state index contributed by atoms with van der Waals surface area (Å²) in [6, 6.07) is 5.15. The zero-order valence-electron chi connectivity index (χ0n) is 11.9. The second kappa shape index (κ2) is 6.19. The lowest BCUT2D eigenvalue weighted by Gasteiger charge is -2.28. The van der Waals surface area contributed by atoms with Crippen LogP contribution in [0.2, 0.25) is 0 Å². The molecule has 5 nitrogen and oxygen atoms in total. The van der Waals surface area contributed by atoms with Crippen LogP contribution in [0.25, 0.3) is 0 Å². The molecule has 1 N–H and O–H groups in total. The molecule has 0 bridgehead atoms. The van der Waals surface area contributed by atoms with Gasteiger partial charge in [0.25, 0.3) is 0 Å². The van der Waals surface area contributed by atoms with E-state index in [4.69, 9.17) is 6.42 Å². The first-order chi connectivity index (χ1) is 9.93. The minimum atomic E-state index is -3.55. The summed E-state index contributed by atoms with van der Waals surface area (Å²) in [4.78, 5) is 13.7. The topological polar surface area (TPSA) is 66.5 Å². The van der Waals surface area contributed by atoms with Crippen LogP contribution >= 0.6 is 0 Å². The van der Waals surface area contributed by atoms with Crippen LogP contribution in [0.15, 0.2) is 18.2 Å². The summed E-state index contributed by atoms with van der Waals surface area (Å²) in [5, 5.41) is 0. The van der Waals surface area contributed by atoms with Gasteiger partial charge in [-0.05, 0) is 37.5 Å². The second-order valence-corrected chi connectivity index (χ2v) is 6.79. The standard InChI is InChI=1S/C15H18N2O3S/c1-3-10-21(19,20)16-13-8-7-12(2)14(11-13)17-9-5-4-6-15(17)18/h1,7-8,11,16H,4-6,9-10H2,2H3. The van der Waals surface area contributed by atoms with Crippen LogP contribution in [-0.4, -0.2) is 26.6 Å². The fourth-order valence-corrected chi connectivity index (χ4v) is 3.13. The van der Waals surface area contributed by atoms with E-state index in [1.54, 1.807) is 23.1 Å². The molecular formula is C15H18N2O3S. The van der Waals surface area contributed by atoms with Crippen LogP contribution in [0.3, 0.4) is 0 Å². The van der Waals surface area contributed by atoms with E-state index in [0.29, 0.717) is 18.7 Å². The highest BCUT2D eigenvalue weighted by atomic mass is 32.2. The van der Waals surface area contributed by atoms with Crippen molar-refractivity contribution < 1.29 is 13.2 Å². The molecule has 1 aliphatic heterocycles. The Kier molecular flexibility index (Phi) is 4.53. The normalized spacial score (nSPS) is 15.6. The number of amides is 1. The Bertz CT molecular complexity index is 689. The Balaban J connectivity index is 2.29. The Labute approximate surface area is 125 Å². The summed E-state index contributed by atoms with van der Waals surface area (Å²) >= 11 is 0. The lowest BCUT2D eigenvalue weighted by molar-refractivity contribution is -0.119. The number of hydrogen-bond donors (Lipinski definition) is 1. The maximum Gasteiger partial charge on any atom is 0.244 e. The fourth-order valence-electron chi connectivity index (χ4n) is 2.35. The van der Waals surface area contributed by atoms with E-state index in [1.807, 2.05) is 6.92 Å². The Morgan fingerprint density at radius 1 is 1.38 bits per heavy atom. The fraction of sp³-hybridized carbons (Fsp3) is 0.400. The summed E-state index contributed by atoms with van der Waals surface area (Å²) in [6.07, 6.45) is 7.43. The number of aryl methyl sites for hydroxylation is 1. The van der Waals surface area contributed by atoms with Crippen molar-refractivity contribution in [2.45, 2.75) is 26.2 Å². The third-order valence-corrected chi connectivity index (χ3v) is 4.46. The van der Waals surface area contributed by atoms with Crippen LogP contribution in [0, 0.1) is 19.3 Å². The Hall–Kier alpha value is -2.00. The smallest absolute Gasteiger partial charge is 0.244 e. The Morgan fingerprint density at radius 3 is 2.81 bits per heavy atom. The molecule has 0 aromatic heterocycles. The highest BCUT2D eigenvalue weighted by molar-refractivity contribution is 7.92. The van der Waals surface area contributed by atoms with Crippen LogP contribution in [0.5, 0.6) is 0 Å². The van der Waals surface area contributed by atoms with Crippen molar-refractivity contribution >= 4 is 27.3 Å². The number of piperidine rings is 1. The first-order valence-corrected chi connectivity index (χ1v) is 8.43.